The van der Waals surface area contributed by atoms with E-state index in [-0.39, 0.29) is 24.9 Å². The maximum atomic E-state index is 11.7. The van der Waals surface area contributed by atoms with Gasteiger partial charge in [0.1, 0.15) is 0 Å². The summed E-state index contributed by atoms with van der Waals surface area (Å²) in [5, 5.41) is 17.8. The van der Waals surface area contributed by atoms with E-state index in [1.54, 1.807) is 4.90 Å². The van der Waals surface area contributed by atoms with E-state index in [9.17, 15) is 14.7 Å². The van der Waals surface area contributed by atoms with E-state index in [2.05, 4.69) is 0 Å². The molecule has 1 rings (SSSR count). The standard InChI is InChI=1S/C10H18N2O4/c11-8(1-2-9(14)15)10(16)12-5-3-7(13)4-6-12/h7-8,13H,1-6,11H2,(H,14,15). The predicted molar refractivity (Wildman–Crippen MR) is 56.7 cm³/mol. The Hall–Kier alpha value is -1.14. The van der Waals surface area contributed by atoms with Crippen molar-refractivity contribution in [2.24, 2.45) is 5.73 Å². The van der Waals surface area contributed by atoms with Crippen LogP contribution in [0.25, 0.3) is 0 Å². The minimum atomic E-state index is -0.947. The first-order chi connectivity index (χ1) is 7.50. The van der Waals surface area contributed by atoms with Crippen LogP contribution in [0.4, 0.5) is 0 Å². The molecule has 1 saturated heterocycles. The highest BCUT2D eigenvalue weighted by atomic mass is 16.4. The van der Waals surface area contributed by atoms with Gasteiger partial charge in [0, 0.05) is 19.5 Å². The van der Waals surface area contributed by atoms with E-state index in [1.165, 1.54) is 0 Å². The summed E-state index contributed by atoms with van der Waals surface area (Å²) in [6, 6.07) is -0.744. The number of likely N-dealkylation sites (tertiary alicyclic amines) is 1. The van der Waals surface area contributed by atoms with Gasteiger partial charge in [0.25, 0.3) is 0 Å². The SMILES string of the molecule is NC(CCC(=O)O)C(=O)N1CCC(O)CC1. The minimum absolute atomic E-state index is 0.0939. The molecule has 16 heavy (non-hydrogen) atoms. The van der Waals surface area contributed by atoms with Crippen molar-refractivity contribution in [3.8, 4) is 0 Å². The number of nitrogens with zero attached hydrogens (tertiary/aromatic N) is 1. The molecule has 6 nitrogen and oxygen atoms in total. The number of carbonyl (C=O) groups is 2. The third-order valence-electron chi connectivity index (χ3n) is 2.76. The number of rotatable bonds is 4. The Morgan fingerprint density at radius 3 is 2.44 bits per heavy atom. The van der Waals surface area contributed by atoms with Crippen LogP contribution >= 0.6 is 0 Å². The van der Waals surface area contributed by atoms with Crippen LogP contribution in [0, 0.1) is 0 Å². The zero-order valence-corrected chi connectivity index (χ0v) is 9.13. The number of nitrogens with two attached hydrogens (primary N) is 1. The van der Waals surface area contributed by atoms with Crippen LogP contribution < -0.4 is 5.73 Å². The topological polar surface area (TPSA) is 104 Å². The summed E-state index contributed by atoms with van der Waals surface area (Å²) in [5.41, 5.74) is 5.61. The number of carboxylic acids is 1. The van der Waals surface area contributed by atoms with Crippen molar-refractivity contribution in [3.05, 3.63) is 0 Å². The fraction of sp³-hybridized carbons (Fsp3) is 0.800. The van der Waals surface area contributed by atoms with Crippen LogP contribution in [-0.2, 0) is 9.59 Å². The van der Waals surface area contributed by atoms with Crippen molar-refractivity contribution in [2.75, 3.05) is 13.1 Å². The lowest BCUT2D eigenvalue weighted by atomic mass is 10.1. The Morgan fingerprint density at radius 2 is 1.94 bits per heavy atom. The van der Waals surface area contributed by atoms with Crippen molar-refractivity contribution in [2.45, 2.75) is 37.8 Å². The zero-order valence-electron chi connectivity index (χ0n) is 9.13. The fourth-order valence-electron chi connectivity index (χ4n) is 1.72. The first-order valence-corrected chi connectivity index (χ1v) is 5.45. The van der Waals surface area contributed by atoms with E-state index in [4.69, 9.17) is 10.8 Å². The Morgan fingerprint density at radius 1 is 1.38 bits per heavy atom. The van der Waals surface area contributed by atoms with Crippen molar-refractivity contribution in [1.82, 2.24) is 4.90 Å². The third-order valence-corrected chi connectivity index (χ3v) is 2.76. The molecule has 1 heterocycles. The van der Waals surface area contributed by atoms with Crippen LogP contribution in [0.2, 0.25) is 0 Å². The van der Waals surface area contributed by atoms with Crippen molar-refractivity contribution < 1.29 is 19.8 Å². The summed E-state index contributed by atoms with van der Waals surface area (Å²) in [6.07, 6.45) is 0.866. The third kappa shape index (κ3) is 3.79. The number of amides is 1. The van der Waals surface area contributed by atoms with Crippen LogP contribution in [-0.4, -0.2) is 52.2 Å². The van der Waals surface area contributed by atoms with E-state index in [0.29, 0.717) is 25.9 Å². The Labute approximate surface area is 94.0 Å². The number of hydrogen-bond donors (Lipinski definition) is 3. The second kappa shape index (κ2) is 5.81. The molecular weight excluding hydrogens is 212 g/mol. The second-order valence-corrected chi connectivity index (χ2v) is 4.10. The summed E-state index contributed by atoms with van der Waals surface area (Å²) in [5.74, 6) is -1.16. The summed E-state index contributed by atoms with van der Waals surface area (Å²) in [6.45, 7) is 1.00. The summed E-state index contributed by atoms with van der Waals surface area (Å²) in [4.78, 5) is 23.7. The lowest BCUT2D eigenvalue weighted by Crippen LogP contribution is -2.48. The van der Waals surface area contributed by atoms with Gasteiger partial charge in [-0.25, -0.2) is 0 Å². The molecule has 92 valence electrons. The molecule has 0 aliphatic carbocycles. The monoisotopic (exact) mass is 230 g/mol. The summed E-state index contributed by atoms with van der Waals surface area (Å²) >= 11 is 0. The first kappa shape index (κ1) is 12.9. The lowest BCUT2D eigenvalue weighted by molar-refractivity contribution is -0.138. The molecule has 0 aromatic carbocycles. The van der Waals surface area contributed by atoms with Crippen molar-refractivity contribution >= 4 is 11.9 Å². The molecule has 6 heteroatoms. The van der Waals surface area contributed by atoms with Gasteiger partial charge in [0.2, 0.25) is 5.91 Å². The molecule has 1 unspecified atom stereocenters. The highest BCUT2D eigenvalue weighted by Gasteiger charge is 2.25. The number of carbonyl (C=O) groups excluding carboxylic acids is 1. The van der Waals surface area contributed by atoms with Gasteiger partial charge < -0.3 is 20.8 Å². The quantitative estimate of drug-likeness (QED) is 0.584. The predicted octanol–water partition coefficient (Wildman–Crippen LogP) is -0.838. The van der Waals surface area contributed by atoms with Crippen LogP contribution in [0.1, 0.15) is 25.7 Å². The number of carboxylic acid groups (broad SMARTS) is 1. The Kier molecular flexibility index (Phi) is 4.70. The van der Waals surface area contributed by atoms with Crippen molar-refractivity contribution in [3.63, 3.8) is 0 Å². The Bertz CT molecular complexity index is 262. The summed E-state index contributed by atoms with van der Waals surface area (Å²) < 4.78 is 0. The van der Waals surface area contributed by atoms with Gasteiger partial charge in [-0.15, -0.1) is 0 Å². The fourth-order valence-corrected chi connectivity index (χ4v) is 1.72. The number of aliphatic carboxylic acids is 1. The molecule has 1 amide bonds. The van der Waals surface area contributed by atoms with Gasteiger partial charge in [0.05, 0.1) is 12.1 Å². The van der Waals surface area contributed by atoms with Crippen LogP contribution in [0.15, 0.2) is 0 Å². The van der Waals surface area contributed by atoms with Crippen LogP contribution in [0.5, 0.6) is 0 Å². The number of aliphatic hydroxyl groups is 1. The largest absolute Gasteiger partial charge is 0.481 e. The molecule has 1 fully saturated rings. The molecule has 0 bridgehead atoms. The van der Waals surface area contributed by atoms with Gasteiger partial charge in [-0.3, -0.25) is 9.59 Å². The van der Waals surface area contributed by atoms with E-state index in [1.807, 2.05) is 0 Å². The van der Waals surface area contributed by atoms with Crippen LogP contribution in [0.3, 0.4) is 0 Å². The van der Waals surface area contributed by atoms with E-state index < -0.39 is 12.0 Å². The maximum absolute atomic E-state index is 11.7. The van der Waals surface area contributed by atoms with Gasteiger partial charge in [-0.1, -0.05) is 0 Å². The van der Waals surface area contributed by atoms with Crippen molar-refractivity contribution in [1.29, 1.82) is 0 Å². The Balaban J connectivity index is 2.35. The molecule has 4 N–H and O–H groups in total. The average Bonchev–Trinajstić information content (AvgIpc) is 2.26. The number of piperidine rings is 1. The smallest absolute Gasteiger partial charge is 0.303 e. The molecule has 0 aromatic heterocycles. The molecule has 1 aliphatic heterocycles. The molecule has 1 aliphatic rings. The van der Waals surface area contributed by atoms with E-state index >= 15 is 0 Å². The maximum Gasteiger partial charge on any atom is 0.303 e. The minimum Gasteiger partial charge on any atom is -0.481 e. The van der Waals surface area contributed by atoms with Gasteiger partial charge in [0.15, 0.2) is 0 Å². The van der Waals surface area contributed by atoms with Gasteiger partial charge in [-0.05, 0) is 19.3 Å². The van der Waals surface area contributed by atoms with Gasteiger partial charge in [-0.2, -0.15) is 0 Å². The highest BCUT2D eigenvalue weighted by molar-refractivity contribution is 5.82. The highest BCUT2D eigenvalue weighted by Crippen LogP contribution is 2.11. The molecule has 0 spiro atoms. The molecule has 0 aromatic rings. The molecular formula is C10H18N2O4. The summed E-state index contributed by atoms with van der Waals surface area (Å²) in [7, 11) is 0. The lowest BCUT2D eigenvalue weighted by Gasteiger charge is -2.31. The average molecular weight is 230 g/mol. The molecule has 0 saturated carbocycles. The molecule has 1 atom stereocenters. The normalized spacial score (nSPS) is 19.5. The zero-order chi connectivity index (χ0) is 12.1. The molecule has 0 radical (unpaired) electrons. The number of hydrogen-bond acceptors (Lipinski definition) is 4. The van der Waals surface area contributed by atoms with E-state index in [0.717, 1.165) is 0 Å². The first-order valence-electron chi connectivity index (χ1n) is 5.45. The number of aliphatic hydroxyl groups excluding tert-OH is 1. The van der Waals surface area contributed by atoms with Gasteiger partial charge >= 0.3 is 5.97 Å². The second-order valence-electron chi connectivity index (χ2n) is 4.10.